The predicted octanol–water partition coefficient (Wildman–Crippen LogP) is 5.39. The molecule has 157 valence electrons. The van der Waals surface area contributed by atoms with E-state index in [-0.39, 0.29) is 17.8 Å². The quantitative estimate of drug-likeness (QED) is 0.649. The van der Waals surface area contributed by atoms with Gasteiger partial charge in [-0.15, -0.1) is 0 Å². The molecule has 0 saturated carbocycles. The largest absolute Gasteiger partial charge is 0.367 e. The van der Waals surface area contributed by atoms with Crippen molar-refractivity contribution in [2.45, 2.75) is 57.7 Å². The molecule has 1 saturated heterocycles. The van der Waals surface area contributed by atoms with Gasteiger partial charge < -0.3 is 14.0 Å². The molecule has 1 aromatic carbocycles. The smallest absolute Gasteiger partial charge is 0.170 e. The standard InChI is InChI=1S/C23H30FN2O3/c1-4-14-28-20-9-7-12-23(27-3,16(20)2)26-13-6-5-8-19(26)22-18-11-10-17(24)15-21(18)29-25-22/h7,9-11,15-16,19H,4-6,8,12-14H2,1-3H3. The number of hydrogen-bond acceptors (Lipinski definition) is 5. The zero-order valence-electron chi connectivity index (χ0n) is 17.5. The first-order valence-electron chi connectivity index (χ1n) is 10.6. The van der Waals surface area contributed by atoms with Gasteiger partial charge in [-0.05, 0) is 31.4 Å². The summed E-state index contributed by atoms with van der Waals surface area (Å²) in [5.74, 6) is -0.229. The van der Waals surface area contributed by atoms with Gasteiger partial charge >= 0.3 is 0 Å². The summed E-state index contributed by atoms with van der Waals surface area (Å²) in [7, 11) is 1.79. The van der Waals surface area contributed by atoms with E-state index in [0.29, 0.717) is 12.2 Å². The Morgan fingerprint density at radius 3 is 3.00 bits per heavy atom. The molecule has 0 N–H and O–H groups in total. The molecule has 3 unspecified atom stereocenters. The fourth-order valence-electron chi connectivity index (χ4n) is 4.86. The highest BCUT2D eigenvalue weighted by Gasteiger charge is 2.50. The van der Waals surface area contributed by atoms with E-state index >= 15 is 0 Å². The molecule has 29 heavy (non-hydrogen) atoms. The Kier molecular flexibility index (Phi) is 6.04. The number of halogens is 1. The van der Waals surface area contributed by atoms with Crippen LogP contribution in [0.1, 0.15) is 57.7 Å². The van der Waals surface area contributed by atoms with Gasteiger partial charge in [0.2, 0.25) is 0 Å². The van der Waals surface area contributed by atoms with E-state index in [1.54, 1.807) is 13.2 Å². The minimum atomic E-state index is -0.506. The second-order valence-corrected chi connectivity index (χ2v) is 8.04. The van der Waals surface area contributed by atoms with E-state index in [1.807, 2.05) is 0 Å². The van der Waals surface area contributed by atoms with Crippen LogP contribution < -0.4 is 0 Å². The van der Waals surface area contributed by atoms with Crippen molar-refractivity contribution >= 4 is 11.0 Å². The number of piperidine rings is 1. The van der Waals surface area contributed by atoms with E-state index in [9.17, 15) is 4.39 Å². The fraction of sp³-hybridized carbons (Fsp3) is 0.565. The van der Waals surface area contributed by atoms with Crippen molar-refractivity contribution < 1.29 is 18.4 Å². The highest BCUT2D eigenvalue weighted by Crippen LogP contribution is 2.47. The Morgan fingerprint density at radius 2 is 2.21 bits per heavy atom. The van der Waals surface area contributed by atoms with E-state index in [2.05, 4.69) is 36.1 Å². The van der Waals surface area contributed by atoms with Crippen molar-refractivity contribution in [3.63, 3.8) is 0 Å². The molecular formula is C23H30FN2O3. The number of fused-ring (bicyclic) bond motifs is 1. The lowest BCUT2D eigenvalue weighted by atomic mass is 9.80. The number of ether oxygens (including phenoxy) is 2. The molecule has 1 radical (unpaired) electrons. The van der Waals surface area contributed by atoms with Crippen molar-refractivity contribution in [2.75, 3.05) is 20.3 Å². The fourth-order valence-corrected chi connectivity index (χ4v) is 4.86. The molecule has 1 aliphatic heterocycles. The lowest BCUT2D eigenvalue weighted by Crippen LogP contribution is -2.59. The number of likely N-dealkylation sites (tertiary alicyclic amines) is 1. The summed E-state index contributed by atoms with van der Waals surface area (Å²) in [6.45, 7) is 5.90. The van der Waals surface area contributed by atoms with Gasteiger partial charge in [-0.25, -0.2) is 4.39 Å². The summed E-state index contributed by atoms with van der Waals surface area (Å²) in [5.41, 5.74) is 0.856. The van der Waals surface area contributed by atoms with Crippen LogP contribution in [0.5, 0.6) is 0 Å². The molecule has 2 heterocycles. The molecule has 1 aromatic heterocycles. The number of benzene rings is 1. The van der Waals surface area contributed by atoms with Crippen molar-refractivity contribution in [3.8, 4) is 0 Å². The third-order valence-corrected chi connectivity index (χ3v) is 6.39. The zero-order valence-corrected chi connectivity index (χ0v) is 17.5. The van der Waals surface area contributed by atoms with Crippen LogP contribution in [0.25, 0.3) is 11.0 Å². The summed E-state index contributed by atoms with van der Waals surface area (Å²) in [6.07, 6.45) is 10.1. The lowest BCUT2D eigenvalue weighted by Gasteiger charge is -2.53. The Hall–Kier alpha value is -1.76. The Bertz CT molecular complexity index is 867. The number of nitrogens with zero attached hydrogens (tertiary/aromatic N) is 2. The van der Waals surface area contributed by atoms with Gasteiger partial charge in [0, 0.05) is 44.1 Å². The number of hydrogen-bond donors (Lipinski definition) is 0. The first kappa shape index (κ1) is 20.5. The van der Waals surface area contributed by atoms with Crippen molar-refractivity contribution in [1.29, 1.82) is 0 Å². The maximum atomic E-state index is 13.6. The second-order valence-electron chi connectivity index (χ2n) is 8.04. The molecule has 3 atom stereocenters. The Labute approximate surface area is 171 Å². The Morgan fingerprint density at radius 1 is 1.34 bits per heavy atom. The molecular weight excluding hydrogens is 371 g/mol. The Balaban J connectivity index is 1.71. The maximum Gasteiger partial charge on any atom is 0.170 e. The van der Waals surface area contributed by atoms with Crippen LogP contribution in [-0.4, -0.2) is 36.0 Å². The molecule has 1 fully saturated rings. The SMILES string of the molecule is CCCO[C]1C=CCC(OC)(N2CCCCC2c2noc3cc(F)ccc23)C1C. The molecule has 1 aliphatic carbocycles. The summed E-state index contributed by atoms with van der Waals surface area (Å²) < 4.78 is 31.4. The van der Waals surface area contributed by atoms with Crippen LogP contribution in [-0.2, 0) is 9.47 Å². The van der Waals surface area contributed by atoms with Gasteiger partial charge in [-0.3, -0.25) is 4.90 Å². The summed E-state index contributed by atoms with van der Waals surface area (Å²) in [5, 5.41) is 5.24. The highest BCUT2D eigenvalue weighted by molar-refractivity contribution is 5.79. The van der Waals surface area contributed by atoms with Gasteiger partial charge in [0.15, 0.2) is 5.58 Å². The van der Waals surface area contributed by atoms with Crippen LogP contribution in [0.4, 0.5) is 4.39 Å². The molecule has 0 bridgehead atoms. The number of aromatic nitrogens is 1. The zero-order chi connectivity index (χ0) is 20.4. The van der Waals surface area contributed by atoms with Gasteiger partial charge in [-0.2, -0.15) is 0 Å². The molecule has 4 rings (SSSR count). The van der Waals surface area contributed by atoms with Crippen LogP contribution in [0.2, 0.25) is 0 Å². The predicted molar refractivity (Wildman–Crippen MR) is 109 cm³/mol. The van der Waals surface area contributed by atoms with Crippen molar-refractivity contribution in [3.05, 3.63) is 48.0 Å². The minimum absolute atomic E-state index is 0.0526. The maximum absolute atomic E-state index is 13.6. The van der Waals surface area contributed by atoms with E-state index in [1.165, 1.54) is 12.1 Å². The highest BCUT2D eigenvalue weighted by atomic mass is 19.1. The normalized spacial score (nSPS) is 29.0. The minimum Gasteiger partial charge on any atom is -0.367 e. The van der Waals surface area contributed by atoms with Gasteiger partial charge in [0.25, 0.3) is 0 Å². The third kappa shape index (κ3) is 3.62. The average molecular weight is 402 g/mol. The first-order valence-corrected chi connectivity index (χ1v) is 10.6. The van der Waals surface area contributed by atoms with Crippen LogP contribution >= 0.6 is 0 Å². The molecule has 6 heteroatoms. The lowest BCUT2D eigenvalue weighted by molar-refractivity contribution is -0.200. The second kappa shape index (κ2) is 8.54. The first-order chi connectivity index (χ1) is 14.1. The van der Waals surface area contributed by atoms with Gasteiger partial charge in [0.05, 0.1) is 6.04 Å². The molecule has 2 aromatic rings. The molecule has 0 amide bonds. The summed E-state index contributed by atoms with van der Waals surface area (Å²) >= 11 is 0. The molecule has 2 aliphatic rings. The van der Waals surface area contributed by atoms with Crippen LogP contribution in [0.15, 0.2) is 34.9 Å². The monoisotopic (exact) mass is 401 g/mol. The molecule has 5 nitrogen and oxygen atoms in total. The van der Waals surface area contributed by atoms with E-state index < -0.39 is 5.72 Å². The topological polar surface area (TPSA) is 47.7 Å². The van der Waals surface area contributed by atoms with E-state index in [0.717, 1.165) is 55.8 Å². The van der Waals surface area contributed by atoms with Crippen LogP contribution in [0, 0.1) is 17.8 Å². The third-order valence-electron chi connectivity index (χ3n) is 6.39. The summed E-state index contributed by atoms with van der Waals surface area (Å²) in [4.78, 5) is 2.43. The van der Waals surface area contributed by atoms with Crippen LogP contribution in [0.3, 0.4) is 0 Å². The number of methoxy groups -OCH3 is 1. The van der Waals surface area contributed by atoms with E-state index in [4.69, 9.17) is 14.0 Å². The average Bonchev–Trinajstić information content (AvgIpc) is 3.16. The molecule has 0 spiro atoms. The summed E-state index contributed by atoms with van der Waals surface area (Å²) in [6, 6.07) is 4.70. The van der Waals surface area contributed by atoms with Crippen molar-refractivity contribution in [2.24, 2.45) is 5.92 Å². The van der Waals surface area contributed by atoms with Gasteiger partial charge in [0.1, 0.15) is 23.3 Å². The van der Waals surface area contributed by atoms with Crippen molar-refractivity contribution in [1.82, 2.24) is 10.1 Å². The van der Waals surface area contributed by atoms with Gasteiger partial charge in [-0.1, -0.05) is 37.6 Å². The number of rotatable bonds is 6.